The molecule has 0 saturated heterocycles. The van der Waals surface area contributed by atoms with Crippen molar-refractivity contribution in [3.05, 3.63) is 76.7 Å². The fourth-order valence-electron chi connectivity index (χ4n) is 2.98. The minimum absolute atomic E-state index is 0.0692. The van der Waals surface area contributed by atoms with E-state index < -0.39 is 5.82 Å². The van der Waals surface area contributed by atoms with Crippen LogP contribution in [0.1, 0.15) is 12.0 Å². The minimum Gasteiger partial charge on any atom is -0.377 e. The zero-order valence-corrected chi connectivity index (χ0v) is 15.0. The Morgan fingerprint density at radius 3 is 3.00 bits per heavy atom. The van der Waals surface area contributed by atoms with Crippen molar-refractivity contribution in [2.24, 2.45) is 0 Å². The van der Waals surface area contributed by atoms with Crippen LogP contribution in [0, 0.1) is 5.82 Å². The number of likely N-dealkylation sites (N-methyl/N-ethyl adjacent to an activating group) is 1. The van der Waals surface area contributed by atoms with Gasteiger partial charge in [-0.3, -0.25) is 4.79 Å². The maximum Gasteiger partial charge on any atom is 0.287 e. The number of hydroxylamine groups is 2. The monoisotopic (exact) mass is 384 g/mol. The van der Waals surface area contributed by atoms with Crippen molar-refractivity contribution in [3.63, 3.8) is 0 Å². The summed E-state index contributed by atoms with van der Waals surface area (Å²) in [5.74, 6) is -0.391. The quantitative estimate of drug-likeness (QED) is 0.810. The van der Waals surface area contributed by atoms with Gasteiger partial charge in [-0.05, 0) is 30.2 Å². The fourth-order valence-corrected chi connectivity index (χ4v) is 3.11. The number of carbonyl (C=O) groups excluding carboxylic acids is 1. The van der Waals surface area contributed by atoms with Gasteiger partial charge in [0.25, 0.3) is 5.91 Å². The third kappa shape index (κ3) is 3.17. The molecule has 1 amide bonds. The van der Waals surface area contributed by atoms with Crippen LogP contribution in [0.25, 0.3) is 5.57 Å². The Hall–Kier alpha value is -3.19. The molecule has 6 nitrogen and oxygen atoms in total. The average Bonchev–Trinajstić information content (AvgIpc) is 2.67. The largest absolute Gasteiger partial charge is 0.377 e. The predicted molar refractivity (Wildman–Crippen MR) is 99.3 cm³/mol. The fraction of sp³-hybridized carbons (Fsp3) is 0.105. The second-order valence-electron chi connectivity index (χ2n) is 5.92. The summed E-state index contributed by atoms with van der Waals surface area (Å²) in [6.45, 7) is 0. The van der Waals surface area contributed by atoms with Crippen LogP contribution in [-0.2, 0) is 9.63 Å². The molecule has 2 heterocycles. The van der Waals surface area contributed by atoms with Crippen LogP contribution in [0.4, 0.5) is 15.9 Å². The number of halogens is 2. The normalized spacial score (nSPS) is 16.0. The number of allylic oxidation sites excluding steroid dienone is 4. The van der Waals surface area contributed by atoms with Crippen molar-refractivity contribution in [1.29, 1.82) is 0 Å². The number of hydrogen-bond donors (Lipinski definition) is 1. The number of rotatable bonds is 3. The number of carbonyl (C=O) groups is 1. The van der Waals surface area contributed by atoms with Gasteiger partial charge in [-0.2, -0.15) is 10.0 Å². The van der Waals surface area contributed by atoms with Crippen LogP contribution < -0.4 is 5.32 Å². The topological polar surface area (TPSA) is 67.3 Å². The Kier molecular flexibility index (Phi) is 4.37. The number of nitrogens with one attached hydrogen (secondary N) is 1. The Morgan fingerprint density at radius 1 is 1.33 bits per heavy atom. The van der Waals surface area contributed by atoms with Gasteiger partial charge >= 0.3 is 0 Å². The summed E-state index contributed by atoms with van der Waals surface area (Å²) in [4.78, 5) is 25.9. The number of para-hydroxylation sites is 1. The smallest absolute Gasteiger partial charge is 0.287 e. The SMILES string of the molecule is CN1OC2=CC=CCC2=C(c2ccccc2Nc2nc(Cl)ncc2F)C1=O. The van der Waals surface area contributed by atoms with E-state index in [1.165, 1.54) is 5.06 Å². The van der Waals surface area contributed by atoms with E-state index in [4.69, 9.17) is 16.4 Å². The van der Waals surface area contributed by atoms with E-state index >= 15 is 0 Å². The second kappa shape index (κ2) is 6.85. The number of benzene rings is 1. The third-order valence-corrected chi connectivity index (χ3v) is 4.39. The molecule has 0 spiro atoms. The highest BCUT2D eigenvalue weighted by Gasteiger charge is 2.32. The Bertz CT molecular complexity index is 1030. The lowest BCUT2D eigenvalue weighted by Gasteiger charge is -2.30. The highest BCUT2D eigenvalue weighted by atomic mass is 35.5. The first-order valence-electron chi connectivity index (χ1n) is 8.15. The van der Waals surface area contributed by atoms with E-state index in [-0.39, 0.29) is 17.0 Å². The third-order valence-electron chi connectivity index (χ3n) is 4.20. The molecule has 0 radical (unpaired) electrons. The molecule has 0 saturated carbocycles. The molecule has 8 heteroatoms. The molecule has 0 bridgehead atoms. The summed E-state index contributed by atoms with van der Waals surface area (Å²) in [6.07, 6.45) is 7.18. The van der Waals surface area contributed by atoms with Crippen LogP contribution in [0.5, 0.6) is 0 Å². The van der Waals surface area contributed by atoms with Gasteiger partial charge in [0.1, 0.15) is 0 Å². The molecule has 136 valence electrons. The maximum atomic E-state index is 14.1. The summed E-state index contributed by atoms with van der Waals surface area (Å²) in [7, 11) is 1.55. The first-order chi connectivity index (χ1) is 13.0. The van der Waals surface area contributed by atoms with Crippen molar-refractivity contribution in [3.8, 4) is 0 Å². The van der Waals surface area contributed by atoms with Crippen LogP contribution >= 0.6 is 11.6 Å². The molecule has 1 aromatic heterocycles. The minimum atomic E-state index is -0.650. The summed E-state index contributed by atoms with van der Waals surface area (Å²) >= 11 is 5.77. The number of hydrogen-bond acceptors (Lipinski definition) is 5. The van der Waals surface area contributed by atoms with E-state index in [0.717, 1.165) is 11.8 Å². The van der Waals surface area contributed by atoms with Crippen LogP contribution in [0.2, 0.25) is 5.28 Å². The molecule has 1 N–H and O–H groups in total. The molecule has 1 aromatic carbocycles. The lowest BCUT2D eigenvalue weighted by Crippen LogP contribution is -2.33. The van der Waals surface area contributed by atoms with Crippen molar-refractivity contribution >= 4 is 34.6 Å². The maximum absolute atomic E-state index is 14.1. The summed E-state index contributed by atoms with van der Waals surface area (Å²) < 4.78 is 14.1. The Balaban J connectivity index is 1.84. The van der Waals surface area contributed by atoms with Crippen LogP contribution in [0.3, 0.4) is 0 Å². The summed E-state index contributed by atoms with van der Waals surface area (Å²) in [5.41, 5.74) is 2.40. The van der Waals surface area contributed by atoms with Gasteiger partial charge < -0.3 is 10.2 Å². The summed E-state index contributed by atoms with van der Waals surface area (Å²) in [5, 5.41) is 4.02. The first kappa shape index (κ1) is 17.2. The molecule has 2 aromatic rings. The van der Waals surface area contributed by atoms with E-state index in [2.05, 4.69) is 15.3 Å². The molecule has 1 aliphatic carbocycles. The number of amides is 1. The summed E-state index contributed by atoms with van der Waals surface area (Å²) in [6, 6.07) is 7.12. The first-order valence-corrected chi connectivity index (χ1v) is 8.53. The number of nitrogens with zero attached hydrogens (tertiary/aromatic N) is 3. The standard InChI is InChI=1S/C19H14ClFN4O2/c1-25-18(26)16(12-7-3-5-9-15(12)27-25)11-6-2-4-8-14(11)23-17-13(21)10-22-19(20)24-17/h2-6,8-10H,7H2,1H3,(H,22,23,24). The molecule has 1 aliphatic heterocycles. The van der Waals surface area contributed by atoms with Gasteiger partial charge in [-0.15, -0.1) is 0 Å². The predicted octanol–water partition coefficient (Wildman–Crippen LogP) is 4.01. The molecular weight excluding hydrogens is 371 g/mol. The van der Waals surface area contributed by atoms with Gasteiger partial charge in [0, 0.05) is 23.9 Å². The molecule has 27 heavy (non-hydrogen) atoms. The van der Waals surface area contributed by atoms with E-state index in [1.54, 1.807) is 25.2 Å². The van der Waals surface area contributed by atoms with Crippen LogP contribution in [-0.4, -0.2) is 28.0 Å². The van der Waals surface area contributed by atoms with Crippen molar-refractivity contribution in [2.75, 3.05) is 12.4 Å². The van der Waals surface area contributed by atoms with Crippen molar-refractivity contribution < 1.29 is 14.0 Å². The number of anilines is 2. The van der Waals surface area contributed by atoms with Gasteiger partial charge in [0.05, 0.1) is 11.8 Å². The Morgan fingerprint density at radius 2 is 2.15 bits per heavy atom. The highest BCUT2D eigenvalue weighted by Crippen LogP contribution is 2.38. The highest BCUT2D eigenvalue weighted by molar-refractivity contribution is 6.28. The average molecular weight is 385 g/mol. The molecule has 0 unspecified atom stereocenters. The second-order valence-corrected chi connectivity index (χ2v) is 6.25. The van der Waals surface area contributed by atoms with Gasteiger partial charge in [-0.25, -0.2) is 9.37 Å². The Labute approximate surface area is 159 Å². The van der Waals surface area contributed by atoms with E-state index in [1.807, 2.05) is 24.3 Å². The van der Waals surface area contributed by atoms with Gasteiger partial charge in [0.15, 0.2) is 17.4 Å². The zero-order chi connectivity index (χ0) is 19.0. The lowest BCUT2D eigenvalue weighted by atomic mass is 9.91. The lowest BCUT2D eigenvalue weighted by molar-refractivity contribution is -0.159. The molecule has 4 rings (SSSR count). The van der Waals surface area contributed by atoms with Gasteiger partial charge in [0.2, 0.25) is 5.28 Å². The molecule has 0 fully saturated rings. The molecule has 0 atom stereocenters. The molecule has 2 aliphatic rings. The zero-order valence-electron chi connectivity index (χ0n) is 14.2. The number of aromatic nitrogens is 2. The van der Waals surface area contributed by atoms with Crippen molar-refractivity contribution in [2.45, 2.75) is 6.42 Å². The van der Waals surface area contributed by atoms with Crippen LogP contribution in [0.15, 0.2) is 60.0 Å². The van der Waals surface area contributed by atoms with Gasteiger partial charge in [-0.1, -0.05) is 30.4 Å². The number of fused-ring (bicyclic) bond motifs is 1. The van der Waals surface area contributed by atoms with E-state index in [0.29, 0.717) is 29.0 Å². The molecular formula is C19H14ClFN4O2. The van der Waals surface area contributed by atoms with Crippen molar-refractivity contribution in [1.82, 2.24) is 15.0 Å². The van der Waals surface area contributed by atoms with E-state index in [9.17, 15) is 9.18 Å².